The Morgan fingerprint density at radius 3 is 2.05 bits per heavy atom. The van der Waals surface area contributed by atoms with Crippen molar-refractivity contribution in [3.05, 3.63) is 17.8 Å². The third-order valence-corrected chi connectivity index (χ3v) is 3.73. The van der Waals surface area contributed by atoms with E-state index >= 15 is 0 Å². The van der Waals surface area contributed by atoms with Crippen molar-refractivity contribution in [3.8, 4) is 0 Å². The van der Waals surface area contributed by atoms with Crippen LogP contribution in [-0.4, -0.2) is 58.5 Å². The first-order chi connectivity index (χ1) is 9.65. The highest BCUT2D eigenvalue weighted by molar-refractivity contribution is 5.38. The lowest BCUT2D eigenvalue weighted by Gasteiger charge is -2.37. The number of rotatable bonds is 3. The summed E-state index contributed by atoms with van der Waals surface area (Å²) in [6.45, 7) is 14.6. The summed E-state index contributed by atoms with van der Waals surface area (Å²) in [6, 6.07) is 4.14. The SMILES string of the molecule is CC(C)(O)CN1CCN(c2ccc(C(C)(C)C)nn2)CC1. The van der Waals surface area contributed by atoms with E-state index in [4.69, 9.17) is 0 Å². The summed E-state index contributed by atoms with van der Waals surface area (Å²) in [7, 11) is 0. The summed E-state index contributed by atoms with van der Waals surface area (Å²) in [6.07, 6.45) is 0. The van der Waals surface area contributed by atoms with Crippen LogP contribution in [0.1, 0.15) is 40.3 Å². The van der Waals surface area contributed by atoms with Gasteiger partial charge in [0.1, 0.15) is 0 Å². The number of nitrogens with zero attached hydrogens (tertiary/aromatic N) is 4. The number of β-amino-alcohol motifs (C(OH)–C–C–N with tert-alkyl or cyclic N) is 1. The van der Waals surface area contributed by atoms with E-state index < -0.39 is 5.60 Å². The molecule has 1 aliphatic rings. The second-order valence-electron chi connectivity index (χ2n) is 7.60. The molecule has 0 spiro atoms. The molecule has 1 aromatic rings. The molecule has 0 radical (unpaired) electrons. The van der Waals surface area contributed by atoms with E-state index in [0.29, 0.717) is 0 Å². The highest BCUT2D eigenvalue weighted by Gasteiger charge is 2.24. The van der Waals surface area contributed by atoms with Crippen molar-refractivity contribution in [1.29, 1.82) is 0 Å². The third-order valence-electron chi connectivity index (χ3n) is 3.73. The normalized spacial score (nSPS) is 18.1. The van der Waals surface area contributed by atoms with Gasteiger partial charge in [-0.15, -0.1) is 5.10 Å². The highest BCUT2D eigenvalue weighted by atomic mass is 16.3. The van der Waals surface area contributed by atoms with E-state index in [1.807, 2.05) is 13.8 Å². The van der Waals surface area contributed by atoms with Crippen molar-refractivity contribution in [2.45, 2.75) is 45.6 Å². The third kappa shape index (κ3) is 4.64. The molecule has 0 unspecified atom stereocenters. The van der Waals surface area contributed by atoms with Gasteiger partial charge >= 0.3 is 0 Å². The number of piperazine rings is 1. The Hall–Kier alpha value is -1.20. The van der Waals surface area contributed by atoms with Gasteiger partial charge in [-0.3, -0.25) is 4.90 Å². The van der Waals surface area contributed by atoms with E-state index in [2.05, 4.69) is 52.9 Å². The van der Waals surface area contributed by atoms with E-state index in [0.717, 1.165) is 44.2 Å². The zero-order chi connectivity index (χ0) is 15.7. The van der Waals surface area contributed by atoms with Crippen LogP contribution < -0.4 is 4.90 Å². The van der Waals surface area contributed by atoms with Crippen LogP contribution >= 0.6 is 0 Å². The van der Waals surface area contributed by atoms with E-state index in [-0.39, 0.29) is 5.41 Å². The Bertz CT molecular complexity index is 451. The van der Waals surface area contributed by atoms with E-state index in [1.165, 1.54) is 0 Å². The van der Waals surface area contributed by atoms with Crippen LogP contribution in [0.15, 0.2) is 12.1 Å². The van der Waals surface area contributed by atoms with Gasteiger partial charge in [-0.25, -0.2) is 0 Å². The van der Waals surface area contributed by atoms with Crippen LogP contribution in [0.2, 0.25) is 0 Å². The summed E-state index contributed by atoms with van der Waals surface area (Å²) < 4.78 is 0. The zero-order valence-corrected chi connectivity index (χ0v) is 13.9. The fraction of sp³-hybridized carbons (Fsp3) is 0.750. The predicted octanol–water partition coefficient (Wildman–Crippen LogP) is 1.67. The fourth-order valence-corrected chi connectivity index (χ4v) is 2.58. The summed E-state index contributed by atoms with van der Waals surface area (Å²) in [4.78, 5) is 4.56. The van der Waals surface area contributed by atoms with Gasteiger partial charge in [0, 0.05) is 38.1 Å². The Morgan fingerprint density at radius 1 is 1.00 bits per heavy atom. The number of hydrogen-bond acceptors (Lipinski definition) is 5. The molecule has 1 aliphatic heterocycles. The minimum atomic E-state index is -0.629. The number of aliphatic hydroxyl groups is 1. The number of aromatic nitrogens is 2. The van der Waals surface area contributed by atoms with Gasteiger partial charge in [-0.1, -0.05) is 20.8 Å². The molecule has 0 saturated carbocycles. The molecule has 118 valence electrons. The van der Waals surface area contributed by atoms with Gasteiger partial charge in [0.05, 0.1) is 11.3 Å². The average molecular weight is 292 g/mol. The summed E-state index contributed by atoms with van der Waals surface area (Å²) in [5.41, 5.74) is 0.430. The van der Waals surface area contributed by atoms with Crippen LogP contribution in [0.3, 0.4) is 0 Å². The van der Waals surface area contributed by atoms with Gasteiger partial charge in [0.2, 0.25) is 0 Å². The monoisotopic (exact) mass is 292 g/mol. The second kappa shape index (κ2) is 5.89. The maximum atomic E-state index is 9.88. The van der Waals surface area contributed by atoms with E-state index in [9.17, 15) is 5.11 Å². The van der Waals surface area contributed by atoms with Gasteiger partial charge in [-0.2, -0.15) is 5.10 Å². The first-order valence-electron chi connectivity index (χ1n) is 7.69. The Labute approximate surface area is 128 Å². The topological polar surface area (TPSA) is 52.5 Å². The van der Waals surface area contributed by atoms with Crippen molar-refractivity contribution < 1.29 is 5.11 Å². The quantitative estimate of drug-likeness (QED) is 0.918. The van der Waals surface area contributed by atoms with Gasteiger partial charge in [0.25, 0.3) is 0 Å². The standard InChI is InChI=1S/C16H28N4O/c1-15(2,3)13-6-7-14(18-17-13)20-10-8-19(9-11-20)12-16(4,5)21/h6-7,21H,8-12H2,1-5H3. The predicted molar refractivity (Wildman–Crippen MR) is 85.7 cm³/mol. The van der Waals surface area contributed by atoms with Crippen LogP contribution in [-0.2, 0) is 5.41 Å². The fourth-order valence-electron chi connectivity index (χ4n) is 2.58. The number of hydrogen-bond donors (Lipinski definition) is 1. The smallest absolute Gasteiger partial charge is 0.151 e. The summed E-state index contributed by atoms with van der Waals surface area (Å²) in [5, 5.41) is 18.6. The van der Waals surface area contributed by atoms with E-state index in [1.54, 1.807) is 0 Å². The lowest BCUT2D eigenvalue weighted by atomic mass is 9.92. The molecular formula is C16H28N4O. The maximum Gasteiger partial charge on any atom is 0.151 e. The van der Waals surface area contributed by atoms with Gasteiger partial charge in [-0.05, 0) is 26.0 Å². The Morgan fingerprint density at radius 2 is 1.62 bits per heavy atom. The molecule has 2 heterocycles. The minimum Gasteiger partial charge on any atom is -0.389 e. The summed E-state index contributed by atoms with van der Waals surface area (Å²) in [5.74, 6) is 0.950. The molecule has 21 heavy (non-hydrogen) atoms. The lowest BCUT2D eigenvalue weighted by molar-refractivity contribution is 0.0344. The molecule has 0 aromatic carbocycles. The first-order valence-corrected chi connectivity index (χ1v) is 7.69. The van der Waals surface area contributed by atoms with Gasteiger partial charge in [0.15, 0.2) is 5.82 Å². The molecule has 0 aliphatic carbocycles. The molecule has 5 nitrogen and oxygen atoms in total. The molecule has 5 heteroatoms. The zero-order valence-electron chi connectivity index (χ0n) is 13.9. The molecule has 0 amide bonds. The molecular weight excluding hydrogens is 264 g/mol. The number of anilines is 1. The van der Waals surface area contributed by atoms with Crippen molar-refractivity contribution >= 4 is 5.82 Å². The van der Waals surface area contributed by atoms with Crippen LogP contribution in [0, 0.1) is 0 Å². The Kier molecular flexibility index (Phi) is 4.54. The average Bonchev–Trinajstić information content (AvgIpc) is 2.37. The second-order valence-corrected chi connectivity index (χ2v) is 7.60. The molecule has 0 atom stereocenters. The maximum absolute atomic E-state index is 9.88. The molecule has 0 bridgehead atoms. The Balaban J connectivity index is 1.93. The largest absolute Gasteiger partial charge is 0.389 e. The first kappa shape index (κ1) is 16.2. The minimum absolute atomic E-state index is 0.0386. The molecule has 1 N–H and O–H groups in total. The van der Waals surface area contributed by atoms with Crippen LogP contribution in [0.25, 0.3) is 0 Å². The highest BCUT2D eigenvalue weighted by Crippen LogP contribution is 2.21. The molecule has 2 rings (SSSR count). The van der Waals surface area contributed by atoms with Crippen LogP contribution in [0.5, 0.6) is 0 Å². The summed E-state index contributed by atoms with van der Waals surface area (Å²) >= 11 is 0. The van der Waals surface area contributed by atoms with Gasteiger partial charge < -0.3 is 10.0 Å². The van der Waals surface area contributed by atoms with Crippen LogP contribution in [0.4, 0.5) is 5.82 Å². The van der Waals surface area contributed by atoms with Crippen molar-refractivity contribution in [2.24, 2.45) is 0 Å². The van der Waals surface area contributed by atoms with Crippen molar-refractivity contribution in [3.63, 3.8) is 0 Å². The molecule has 1 saturated heterocycles. The lowest BCUT2D eigenvalue weighted by Crippen LogP contribution is -2.50. The molecule has 1 fully saturated rings. The molecule has 1 aromatic heterocycles. The van der Waals surface area contributed by atoms with Crippen molar-refractivity contribution in [1.82, 2.24) is 15.1 Å². The van der Waals surface area contributed by atoms with Crippen molar-refractivity contribution in [2.75, 3.05) is 37.6 Å².